The van der Waals surface area contributed by atoms with Gasteiger partial charge in [0.15, 0.2) is 0 Å². The fourth-order valence-electron chi connectivity index (χ4n) is 0.526. The molecule has 0 aromatic carbocycles. The molecular weight excluding hydrogens is 156 g/mol. The second-order valence-corrected chi connectivity index (χ2v) is 3.30. The van der Waals surface area contributed by atoms with Gasteiger partial charge < -0.3 is 0 Å². The van der Waals surface area contributed by atoms with E-state index in [9.17, 15) is 0 Å². The molecule has 0 fully saturated rings. The van der Waals surface area contributed by atoms with Crippen LogP contribution in [0.25, 0.3) is 0 Å². The number of rotatable bonds is 2. The van der Waals surface area contributed by atoms with Crippen LogP contribution in [-0.4, -0.2) is 0 Å². The van der Waals surface area contributed by atoms with E-state index >= 15 is 0 Å². The molecule has 0 aromatic heterocycles. The summed E-state index contributed by atoms with van der Waals surface area (Å²) in [6.45, 7) is 12.8. The highest BCUT2D eigenvalue weighted by molar-refractivity contribution is 4.84. The first-order chi connectivity index (χ1) is 5.59. The molecule has 13 heavy (non-hydrogen) atoms. The molecule has 1 unspecified atom stereocenters. The van der Waals surface area contributed by atoms with Gasteiger partial charge in [-0.15, -0.1) is 0 Å². The molecule has 0 radical (unpaired) electrons. The molecule has 80 valence electrons. The van der Waals surface area contributed by atoms with Gasteiger partial charge in [-0.25, -0.2) is 0 Å². The predicted molar refractivity (Wildman–Crippen MR) is 66.0 cm³/mol. The summed E-state index contributed by atoms with van der Waals surface area (Å²) < 4.78 is 0. The molecule has 0 nitrogen and oxygen atoms in total. The van der Waals surface area contributed by atoms with Gasteiger partial charge in [0.05, 0.1) is 0 Å². The van der Waals surface area contributed by atoms with Crippen molar-refractivity contribution in [1.29, 1.82) is 0 Å². The minimum absolute atomic E-state index is 0. The number of hydrogen-bond donors (Lipinski definition) is 0. The maximum absolute atomic E-state index is 2.24. The molecule has 0 N–H and O–H groups in total. The zero-order valence-corrected chi connectivity index (χ0v) is 9.46. The first kappa shape index (κ1) is 18.3. The third kappa shape index (κ3) is 18.4. The van der Waals surface area contributed by atoms with E-state index in [2.05, 4.69) is 39.8 Å². The quantitative estimate of drug-likeness (QED) is 0.525. The molecule has 0 aliphatic heterocycles. The third-order valence-corrected chi connectivity index (χ3v) is 1.88. The van der Waals surface area contributed by atoms with Crippen molar-refractivity contribution in [2.75, 3.05) is 0 Å². The topological polar surface area (TPSA) is 0 Å². The smallest absolute Gasteiger partial charge is 0.0239 e. The van der Waals surface area contributed by atoms with Crippen LogP contribution < -0.4 is 0 Å². The van der Waals surface area contributed by atoms with Crippen molar-refractivity contribution in [2.24, 2.45) is 11.8 Å². The second-order valence-electron chi connectivity index (χ2n) is 3.30. The van der Waals surface area contributed by atoms with Crippen LogP contribution in [0.5, 0.6) is 0 Å². The van der Waals surface area contributed by atoms with E-state index in [1.165, 1.54) is 0 Å². The summed E-state index contributed by atoms with van der Waals surface area (Å²) in [5, 5.41) is 0. The number of hydrogen-bond acceptors (Lipinski definition) is 0. The van der Waals surface area contributed by atoms with Gasteiger partial charge in [0.25, 0.3) is 0 Å². The Kier molecular flexibility index (Phi) is 19.8. The van der Waals surface area contributed by atoms with Crippen molar-refractivity contribution in [3.63, 3.8) is 0 Å². The molecule has 0 saturated carbocycles. The van der Waals surface area contributed by atoms with Gasteiger partial charge in [-0.3, -0.25) is 0 Å². The van der Waals surface area contributed by atoms with Gasteiger partial charge >= 0.3 is 0 Å². The van der Waals surface area contributed by atoms with E-state index < -0.39 is 0 Å². The molecule has 0 amide bonds. The first-order valence-electron chi connectivity index (χ1n) is 4.80. The summed E-state index contributed by atoms with van der Waals surface area (Å²) in [5.74, 6) is 1.52. The summed E-state index contributed by atoms with van der Waals surface area (Å²) in [6, 6.07) is 0. The standard InChI is InChI=1S/C8H16.C4H8.CH4/c1-5-6-8(4)7(2)3;1-3-4-2;/h5-8H,1-4H3;3-4H,1-2H3;1H4/b6-5-;;. The predicted octanol–water partition coefficient (Wildman–Crippen LogP) is 5.07. The summed E-state index contributed by atoms with van der Waals surface area (Å²) in [7, 11) is 0. The highest BCUT2D eigenvalue weighted by atomic mass is 14.0. The molecule has 0 bridgehead atoms. The fraction of sp³-hybridized carbons (Fsp3) is 0.692. The number of allylic oxidation sites excluding steroid dienone is 4. The molecule has 0 heteroatoms. The second kappa shape index (κ2) is 14.0. The van der Waals surface area contributed by atoms with Crippen LogP contribution in [0.2, 0.25) is 0 Å². The van der Waals surface area contributed by atoms with Gasteiger partial charge in [-0.1, -0.05) is 52.5 Å². The lowest BCUT2D eigenvalue weighted by Gasteiger charge is -2.08. The van der Waals surface area contributed by atoms with Gasteiger partial charge in [-0.05, 0) is 32.6 Å². The Morgan fingerprint density at radius 3 is 1.23 bits per heavy atom. The van der Waals surface area contributed by atoms with E-state index in [1.54, 1.807) is 0 Å². The van der Waals surface area contributed by atoms with Gasteiger partial charge in [0, 0.05) is 0 Å². The monoisotopic (exact) mass is 184 g/mol. The Hall–Kier alpha value is -0.520. The van der Waals surface area contributed by atoms with Crippen LogP contribution in [0.1, 0.15) is 49.0 Å². The molecule has 0 aliphatic rings. The molecule has 0 heterocycles. The molecule has 0 spiro atoms. The van der Waals surface area contributed by atoms with Crippen molar-refractivity contribution in [3.05, 3.63) is 24.3 Å². The lowest BCUT2D eigenvalue weighted by atomic mass is 9.98. The summed E-state index contributed by atoms with van der Waals surface area (Å²) >= 11 is 0. The van der Waals surface area contributed by atoms with Crippen molar-refractivity contribution in [1.82, 2.24) is 0 Å². The van der Waals surface area contributed by atoms with E-state index in [0.29, 0.717) is 0 Å². The van der Waals surface area contributed by atoms with Crippen molar-refractivity contribution in [3.8, 4) is 0 Å². The normalized spacial score (nSPS) is 12.5. The lowest BCUT2D eigenvalue weighted by molar-refractivity contribution is 0.504. The van der Waals surface area contributed by atoms with Gasteiger partial charge in [0.2, 0.25) is 0 Å². The minimum atomic E-state index is 0. The van der Waals surface area contributed by atoms with E-state index in [1.807, 2.05) is 26.0 Å². The van der Waals surface area contributed by atoms with Crippen LogP contribution in [0.3, 0.4) is 0 Å². The fourth-order valence-corrected chi connectivity index (χ4v) is 0.526. The summed E-state index contributed by atoms with van der Waals surface area (Å²) in [6.07, 6.45) is 8.36. The summed E-state index contributed by atoms with van der Waals surface area (Å²) in [4.78, 5) is 0. The molecule has 0 aromatic rings. The maximum Gasteiger partial charge on any atom is -0.0239 e. The SMILES string of the molecule is C.C/C=C\C(C)C(C)C.CC=CC. The van der Waals surface area contributed by atoms with Crippen molar-refractivity contribution < 1.29 is 0 Å². The molecule has 0 saturated heterocycles. The van der Waals surface area contributed by atoms with E-state index in [-0.39, 0.29) is 7.43 Å². The molecule has 0 rings (SSSR count). The Bertz CT molecular complexity index is 114. The van der Waals surface area contributed by atoms with E-state index in [4.69, 9.17) is 0 Å². The Morgan fingerprint density at radius 1 is 0.769 bits per heavy atom. The highest BCUT2D eigenvalue weighted by Crippen LogP contribution is 2.09. The maximum atomic E-state index is 2.24. The summed E-state index contributed by atoms with van der Waals surface area (Å²) in [5.41, 5.74) is 0. The van der Waals surface area contributed by atoms with Crippen LogP contribution in [0.15, 0.2) is 24.3 Å². The highest BCUT2D eigenvalue weighted by Gasteiger charge is 1.99. The Balaban J connectivity index is -0.000000173. The lowest BCUT2D eigenvalue weighted by Crippen LogP contribution is -1.98. The largest absolute Gasteiger partial charge is 0.0919 e. The Labute approximate surface area is 85.8 Å². The van der Waals surface area contributed by atoms with Crippen LogP contribution in [-0.2, 0) is 0 Å². The molecular formula is C13H28. The average Bonchev–Trinajstić information content (AvgIpc) is 2.05. The van der Waals surface area contributed by atoms with Crippen molar-refractivity contribution >= 4 is 0 Å². The zero-order valence-electron chi connectivity index (χ0n) is 9.46. The van der Waals surface area contributed by atoms with Gasteiger partial charge in [-0.2, -0.15) is 0 Å². The van der Waals surface area contributed by atoms with E-state index in [0.717, 1.165) is 11.8 Å². The Morgan fingerprint density at radius 2 is 1.15 bits per heavy atom. The minimum Gasteiger partial charge on any atom is -0.0919 e. The zero-order chi connectivity index (χ0) is 9.98. The third-order valence-electron chi connectivity index (χ3n) is 1.88. The first-order valence-corrected chi connectivity index (χ1v) is 4.80. The average molecular weight is 184 g/mol. The van der Waals surface area contributed by atoms with Crippen LogP contribution in [0, 0.1) is 11.8 Å². The molecule has 1 atom stereocenters. The van der Waals surface area contributed by atoms with Crippen LogP contribution in [0.4, 0.5) is 0 Å². The van der Waals surface area contributed by atoms with Crippen molar-refractivity contribution in [2.45, 2.75) is 49.0 Å². The molecule has 0 aliphatic carbocycles. The van der Waals surface area contributed by atoms with Gasteiger partial charge in [0.1, 0.15) is 0 Å². The van der Waals surface area contributed by atoms with Crippen LogP contribution >= 0.6 is 0 Å².